The molecule has 1 heterocycles. The van der Waals surface area contributed by atoms with Gasteiger partial charge in [-0.2, -0.15) is 0 Å². The second kappa shape index (κ2) is 10.9. The van der Waals surface area contributed by atoms with Crippen LogP contribution in [0.5, 0.6) is 17.2 Å². The number of phenolic OH excluding ortho intramolecular Hbond substituents is 2. The maximum atomic E-state index is 9.98. The molecule has 0 spiro atoms. The second-order valence-corrected chi connectivity index (χ2v) is 8.90. The molecule has 4 aromatic rings. The molecule has 0 atom stereocenters. The third-order valence-electron chi connectivity index (χ3n) is 6.34. The summed E-state index contributed by atoms with van der Waals surface area (Å²) in [7, 11) is 0. The van der Waals surface area contributed by atoms with Crippen LogP contribution in [0.3, 0.4) is 0 Å². The molecule has 4 nitrogen and oxygen atoms in total. The summed E-state index contributed by atoms with van der Waals surface area (Å²) in [5, 5.41) is 25.1. The highest BCUT2D eigenvalue weighted by molar-refractivity contribution is 5.93. The zero-order chi connectivity index (χ0) is 24.7. The number of allylic oxidation sites excluding steroid dienone is 5. The van der Waals surface area contributed by atoms with E-state index in [0.717, 1.165) is 46.9 Å². The Balaban J connectivity index is 1.31. The molecule has 0 unspecified atom stereocenters. The van der Waals surface area contributed by atoms with Gasteiger partial charge in [0.2, 0.25) is 0 Å². The zero-order valence-corrected chi connectivity index (χ0v) is 20.0. The topological polar surface area (TPSA) is 61.7 Å². The van der Waals surface area contributed by atoms with Crippen LogP contribution in [0.1, 0.15) is 24.0 Å². The van der Waals surface area contributed by atoms with Crippen LogP contribution in [0.2, 0.25) is 0 Å². The van der Waals surface area contributed by atoms with Gasteiger partial charge in [0, 0.05) is 11.9 Å². The maximum Gasteiger partial charge on any atom is 0.119 e. The Bertz CT molecular complexity index is 1430. The minimum atomic E-state index is 0.248. The monoisotopic (exact) mass is 475 g/mol. The van der Waals surface area contributed by atoms with Gasteiger partial charge in [-0.05, 0) is 101 Å². The van der Waals surface area contributed by atoms with Gasteiger partial charge in [0.15, 0.2) is 0 Å². The molecule has 0 saturated heterocycles. The van der Waals surface area contributed by atoms with Gasteiger partial charge in [-0.1, -0.05) is 54.6 Å². The van der Waals surface area contributed by atoms with E-state index in [2.05, 4.69) is 29.6 Å². The number of hydrogen-bond donors (Lipinski definition) is 3. The van der Waals surface area contributed by atoms with E-state index in [1.54, 1.807) is 24.3 Å². The minimum Gasteiger partial charge on any atom is -0.508 e. The molecule has 180 valence electrons. The molecule has 4 heteroatoms. The first-order chi connectivity index (χ1) is 17.7. The van der Waals surface area contributed by atoms with Gasteiger partial charge in [-0.3, -0.25) is 0 Å². The summed E-state index contributed by atoms with van der Waals surface area (Å²) in [6, 6.07) is 25.2. The van der Waals surface area contributed by atoms with E-state index in [0.29, 0.717) is 6.61 Å². The van der Waals surface area contributed by atoms with Crippen LogP contribution >= 0.6 is 0 Å². The van der Waals surface area contributed by atoms with Crippen LogP contribution < -0.4 is 10.1 Å². The Morgan fingerprint density at radius 2 is 1.56 bits per heavy atom. The third kappa shape index (κ3) is 5.61. The minimum absolute atomic E-state index is 0.248. The van der Waals surface area contributed by atoms with Crippen molar-refractivity contribution in [2.24, 2.45) is 0 Å². The SMILES string of the molecule is Oc1ccc(-c2ccc3cc(O)ccc3c2Cc2ccc(OCCCC3=CC=CC=CN3)cc2)cc1. The van der Waals surface area contributed by atoms with Gasteiger partial charge < -0.3 is 20.3 Å². The molecule has 0 saturated carbocycles. The van der Waals surface area contributed by atoms with Crippen LogP contribution in [-0.2, 0) is 6.42 Å². The molecule has 0 aromatic heterocycles. The first kappa shape index (κ1) is 23.3. The lowest BCUT2D eigenvalue weighted by Gasteiger charge is -2.15. The van der Waals surface area contributed by atoms with E-state index in [4.69, 9.17) is 4.74 Å². The van der Waals surface area contributed by atoms with E-state index in [1.807, 2.05) is 60.8 Å². The molecule has 0 aliphatic carbocycles. The molecule has 1 aliphatic rings. The van der Waals surface area contributed by atoms with E-state index < -0.39 is 0 Å². The second-order valence-electron chi connectivity index (χ2n) is 8.90. The molecular formula is C32H29NO3. The number of ether oxygens (including phenoxy) is 1. The molecule has 36 heavy (non-hydrogen) atoms. The summed E-state index contributed by atoms with van der Waals surface area (Å²) in [6.45, 7) is 0.656. The highest BCUT2D eigenvalue weighted by atomic mass is 16.5. The summed E-state index contributed by atoms with van der Waals surface area (Å²) in [5.41, 5.74) is 5.70. The molecule has 0 radical (unpaired) electrons. The summed E-state index contributed by atoms with van der Waals surface area (Å²) in [6.07, 6.45) is 12.7. The Morgan fingerprint density at radius 3 is 2.39 bits per heavy atom. The van der Waals surface area contributed by atoms with Crippen molar-refractivity contribution in [2.75, 3.05) is 6.61 Å². The summed E-state index contributed by atoms with van der Waals surface area (Å²) < 4.78 is 5.98. The fourth-order valence-corrected chi connectivity index (χ4v) is 4.49. The number of phenols is 2. The van der Waals surface area contributed by atoms with Gasteiger partial charge in [0.05, 0.1) is 6.61 Å². The van der Waals surface area contributed by atoms with Gasteiger partial charge in [-0.15, -0.1) is 0 Å². The van der Waals surface area contributed by atoms with Crippen molar-refractivity contribution < 1.29 is 14.9 Å². The molecule has 0 fully saturated rings. The highest BCUT2D eigenvalue weighted by Crippen LogP contribution is 2.34. The Labute approximate surface area is 211 Å². The van der Waals surface area contributed by atoms with Gasteiger partial charge in [0.25, 0.3) is 0 Å². The average Bonchev–Trinajstić information content (AvgIpc) is 3.17. The predicted octanol–water partition coefficient (Wildman–Crippen LogP) is 7.22. The molecule has 1 aliphatic heterocycles. The molecule has 3 N–H and O–H groups in total. The number of rotatable bonds is 8. The molecule has 0 amide bonds. The Kier molecular flexibility index (Phi) is 7.04. The number of fused-ring (bicyclic) bond motifs is 1. The standard InChI is InChI=1S/C32H29NO3/c34-27-12-9-24(10-13-27)30-17-11-25-22-28(35)14-18-31(25)32(30)21-23-7-15-29(16-8-23)36-20-4-6-26-5-2-1-3-19-33-26/h1-3,5,7-19,22,33-35H,4,6,20-21H2. The van der Waals surface area contributed by atoms with Gasteiger partial charge in [0.1, 0.15) is 17.2 Å². The van der Waals surface area contributed by atoms with Crippen LogP contribution in [0.15, 0.2) is 115 Å². The van der Waals surface area contributed by atoms with E-state index in [-0.39, 0.29) is 11.5 Å². The highest BCUT2D eigenvalue weighted by Gasteiger charge is 2.12. The fraction of sp³-hybridized carbons (Fsp3) is 0.125. The molecule has 0 bridgehead atoms. The first-order valence-electron chi connectivity index (χ1n) is 12.2. The van der Waals surface area contributed by atoms with E-state index in [9.17, 15) is 10.2 Å². The smallest absolute Gasteiger partial charge is 0.119 e. The first-order valence-corrected chi connectivity index (χ1v) is 12.2. The van der Waals surface area contributed by atoms with E-state index in [1.165, 1.54) is 16.8 Å². The molecule has 4 aromatic carbocycles. The lowest BCUT2D eigenvalue weighted by atomic mass is 9.90. The lowest BCUT2D eigenvalue weighted by Crippen LogP contribution is -2.06. The number of nitrogens with one attached hydrogen (secondary N) is 1. The molecular weight excluding hydrogens is 446 g/mol. The van der Waals surface area contributed by atoms with Crippen molar-refractivity contribution >= 4 is 10.8 Å². The van der Waals surface area contributed by atoms with Crippen molar-refractivity contribution in [1.82, 2.24) is 5.32 Å². The van der Waals surface area contributed by atoms with Crippen molar-refractivity contribution in [3.05, 3.63) is 126 Å². The maximum absolute atomic E-state index is 9.98. The summed E-state index contributed by atoms with van der Waals surface area (Å²) in [4.78, 5) is 0. The van der Waals surface area contributed by atoms with Crippen molar-refractivity contribution in [3.63, 3.8) is 0 Å². The third-order valence-corrected chi connectivity index (χ3v) is 6.34. The number of aromatic hydroxyl groups is 2. The van der Waals surface area contributed by atoms with Crippen LogP contribution in [0.25, 0.3) is 21.9 Å². The normalized spacial score (nSPS) is 12.7. The van der Waals surface area contributed by atoms with Crippen LogP contribution in [-0.4, -0.2) is 16.8 Å². The average molecular weight is 476 g/mol. The van der Waals surface area contributed by atoms with E-state index >= 15 is 0 Å². The van der Waals surface area contributed by atoms with Crippen molar-refractivity contribution in [1.29, 1.82) is 0 Å². The summed E-state index contributed by atoms with van der Waals surface area (Å²) in [5.74, 6) is 1.37. The number of benzene rings is 4. The Morgan fingerprint density at radius 1 is 0.750 bits per heavy atom. The van der Waals surface area contributed by atoms with Crippen molar-refractivity contribution in [3.8, 4) is 28.4 Å². The van der Waals surface area contributed by atoms with Crippen molar-refractivity contribution in [2.45, 2.75) is 19.3 Å². The quantitative estimate of drug-likeness (QED) is 0.235. The van der Waals surface area contributed by atoms with Crippen LogP contribution in [0, 0.1) is 0 Å². The zero-order valence-electron chi connectivity index (χ0n) is 20.0. The lowest BCUT2D eigenvalue weighted by molar-refractivity contribution is 0.310. The van der Waals surface area contributed by atoms with Gasteiger partial charge >= 0.3 is 0 Å². The summed E-state index contributed by atoms with van der Waals surface area (Å²) >= 11 is 0. The molecule has 5 rings (SSSR count). The predicted molar refractivity (Wildman–Crippen MR) is 146 cm³/mol. The van der Waals surface area contributed by atoms with Gasteiger partial charge in [-0.25, -0.2) is 0 Å². The Hall–Kier alpha value is -4.44. The number of hydrogen-bond acceptors (Lipinski definition) is 4. The fourth-order valence-electron chi connectivity index (χ4n) is 4.49. The van der Waals surface area contributed by atoms with Crippen LogP contribution in [0.4, 0.5) is 0 Å². The largest absolute Gasteiger partial charge is 0.508 e.